The van der Waals surface area contributed by atoms with Crippen molar-refractivity contribution >= 4 is 5.97 Å². The fraction of sp³-hybridized carbons (Fsp3) is 0.889. The number of rotatable bonds is 1. The van der Waals surface area contributed by atoms with Crippen molar-refractivity contribution in [1.82, 2.24) is 4.90 Å². The lowest BCUT2D eigenvalue weighted by Crippen LogP contribution is -2.60. The molecule has 0 aromatic heterocycles. The summed E-state index contributed by atoms with van der Waals surface area (Å²) in [7, 11) is 1.39. The van der Waals surface area contributed by atoms with E-state index in [4.69, 9.17) is 4.74 Å². The number of aliphatic hydroxyl groups is 1. The molecule has 1 N–H and O–H groups in total. The highest BCUT2D eigenvalue weighted by atomic mass is 16.5. The quantitative estimate of drug-likeness (QED) is 0.566. The largest absolute Gasteiger partial charge is 0.469 e. The van der Waals surface area contributed by atoms with Gasteiger partial charge in [0.1, 0.15) is 0 Å². The monoisotopic (exact) mass is 185 g/mol. The SMILES string of the molecule is COC(=O)C12CCN(CC1)CC2O. The molecule has 0 saturated carbocycles. The van der Waals surface area contributed by atoms with E-state index < -0.39 is 11.5 Å². The molecule has 1 atom stereocenters. The third-order valence-electron chi connectivity index (χ3n) is 3.41. The number of aliphatic hydroxyl groups excluding tert-OH is 1. The van der Waals surface area contributed by atoms with E-state index in [1.54, 1.807) is 0 Å². The molecule has 74 valence electrons. The van der Waals surface area contributed by atoms with Gasteiger partial charge in [-0.2, -0.15) is 0 Å². The predicted molar refractivity (Wildman–Crippen MR) is 46.1 cm³/mol. The minimum absolute atomic E-state index is 0.237. The van der Waals surface area contributed by atoms with E-state index in [9.17, 15) is 9.90 Å². The maximum atomic E-state index is 11.6. The average molecular weight is 185 g/mol. The molecule has 3 heterocycles. The maximum Gasteiger partial charge on any atom is 0.314 e. The Morgan fingerprint density at radius 1 is 1.54 bits per heavy atom. The van der Waals surface area contributed by atoms with Gasteiger partial charge in [-0.25, -0.2) is 0 Å². The van der Waals surface area contributed by atoms with Gasteiger partial charge in [0.25, 0.3) is 0 Å². The second-order valence-corrected chi connectivity index (χ2v) is 3.96. The maximum absolute atomic E-state index is 11.6. The van der Waals surface area contributed by atoms with Gasteiger partial charge >= 0.3 is 5.97 Å². The number of ether oxygens (including phenoxy) is 1. The van der Waals surface area contributed by atoms with Crippen LogP contribution in [0.4, 0.5) is 0 Å². The van der Waals surface area contributed by atoms with Gasteiger partial charge in [0.2, 0.25) is 0 Å². The van der Waals surface area contributed by atoms with E-state index in [1.807, 2.05) is 0 Å². The normalized spacial score (nSPS) is 43.2. The summed E-state index contributed by atoms with van der Waals surface area (Å²) in [5.41, 5.74) is -0.594. The smallest absolute Gasteiger partial charge is 0.314 e. The Balaban J connectivity index is 2.22. The first-order chi connectivity index (χ1) is 6.19. The first kappa shape index (κ1) is 8.97. The third kappa shape index (κ3) is 1.16. The number of piperidine rings is 3. The minimum atomic E-state index is -0.594. The van der Waals surface area contributed by atoms with Gasteiger partial charge in [0.05, 0.1) is 18.6 Å². The van der Waals surface area contributed by atoms with Gasteiger partial charge in [-0.3, -0.25) is 4.79 Å². The Kier molecular flexibility index (Phi) is 2.04. The molecular formula is C9H15NO3. The van der Waals surface area contributed by atoms with Crippen LogP contribution in [0.2, 0.25) is 0 Å². The molecule has 4 nitrogen and oxygen atoms in total. The minimum Gasteiger partial charge on any atom is -0.469 e. The van der Waals surface area contributed by atoms with Crippen molar-refractivity contribution in [3.05, 3.63) is 0 Å². The second kappa shape index (κ2) is 2.96. The molecule has 13 heavy (non-hydrogen) atoms. The zero-order chi connectivity index (χ0) is 9.47. The summed E-state index contributed by atoms with van der Waals surface area (Å²) >= 11 is 0. The molecule has 0 aromatic rings. The Bertz CT molecular complexity index is 221. The second-order valence-electron chi connectivity index (χ2n) is 3.96. The molecule has 3 saturated heterocycles. The third-order valence-corrected chi connectivity index (χ3v) is 3.41. The van der Waals surface area contributed by atoms with E-state index in [0.29, 0.717) is 6.54 Å². The lowest BCUT2D eigenvalue weighted by Gasteiger charge is -2.49. The molecule has 3 aliphatic heterocycles. The first-order valence-corrected chi connectivity index (χ1v) is 4.68. The summed E-state index contributed by atoms with van der Waals surface area (Å²) in [6.07, 6.45) is 0.934. The van der Waals surface area contributed by atoms with Gasteiger partial charge < -0.3 is 14.7 Å². The molecule has 0 spiro atoms. The lowest BCUT2D eigenvalue weighted by molar-refractivity contribution is -0.175. The number of carbonyl (C=O) groups excluding carboxylic acids is 1. The van der Waals surface area contributed by atoms with Crippen molar-refractivity contribution in [2.24, 2.45) is 5.41 Å². The molecule has 4 heteroatoms. The van der Waals surface area contributed by atoms with Crippen LogP contribution in [0.25, 0.3) is 0 Å². The van der Waals surface area contributed by atoms with Gasteiger partial charge in [-0.15, -0.1) is 0 Å². The number of hydrogen-bond acceptors (Lipinski definition) is 4. The molecule has 3 fully saturated rings. The highest BCUT2D eigenvalue weighted by Crippen LogP contribution is 2.41. The fourth-order valence-electron chi connectivity index (χ4n) is 2.43. The first-order valence-electron chi connectivity index (χ1n) is 4.68. The average Bonchev–Trinajstić information content (AvgIpc) is 2.18. The zero-order valence-corrected chi connectivity index (χ0v) is 7.82. The van der Waals surface area contributed by atoms with Crippen molar-refractivity contribution in [3.8, 4) is 0 Å². The Labute approximate surface area is 77.5 Å². The van der Waals surface area contributed by atoms with Gasteiger partial charge in [0.15, 0.2) is 0 Å². The Morgan fingerprint density at radius 3 is 2.62 bits per heavy atom. The highest BCUT2D eigenvalue weighted by Gasteiger charge is 2.52. The number of methoxy groups -OCH3 is 1. The number of hydrogen-bond donors (Lipinski definition) is 1. The number of esters is 1. The molecule has 3 rings (SSSR count). The van der Waals surface area contributed by atoms with E-state index in [-0.39, 0.29) is 5.97 Å². The number of carbonyl (C=O) groups is 1. The molecule has 0 radical (unpaired) electrons. The Hall–Kier alpha value is -0.610. The zero-order valence-electron chi connectivity index (χ0n) is 7.82. The van der Waals surface area contributed by atoms with Gasteiger partial charge in [0, 0.05) is 6.54 Å². The summed E-state index contributed by atoms with van der Waals surface area (Å²) in [6.45, 7) is 2.44. The van der Waals surface area contributed by atoms with Crippen LogP contribution in [-0.4, -0.2) is 48.8 Å². The van der Waals surface area contributed by atoms with Gasteiger partial charge in [-0.1, -0.05) is 0 Å². The van der Waals surface area contributed by atoms with Crippen molar-refractivity contribution in [2.75, 3.05) is 26.7 Å². The number of fused-ring (bicyclic) bond motifs is 3. The summed E-state index contributed by atoms with van der Waals surface area (Å²) < 4.78 is 4.76. The fourth-order valence-corrected chi connectivity index (χ4v) is 2.43. The van der Waals surface area contributed by atoms with Crippen molar-refractivity contribution < 1.29 is 14.6 Å². The van der Waals surface area contributed by atoms with Crippen LogP contribution >= 0.6 is 0 Å². The molecule has 0 aromatic carbocycles. The molecule has 0 amide bonds. The van der Waals surface area contributed by atoms with Crippen LogP contribution in [0.5, 0.6) is 0 Å². The molecule has 1 unspecified atom stereocenters. The van der Waals surface area contributed by atoms with Crippen LogP contribution in [-0.2, 0) is 9.53 Å². The topological polar surface area (TPSA) is 49.8 Å². The van der Waals surface area contributed by atoms with Crippen LogP contribution in [0.15, 0.2) is 0 Å². The van der Waals surface area contributed by atoms with E-state index in [1.165, 1.54) is 7.11 Å². The molecule has 0 aliphatic carbocycles. The summed E-state index contributed by atoms with van der Waals surface area (Å²) in [5.74, 6) is -0.237. The van der Waals surface area contributed by atoms with Gasteiger partial charge in [-0.05, 0) is 25.9 Å². The predicted octanol–water partition coefficient (Wildman–Crippen LogP) is -0.384. The van der Waals surface area contributed by atoms with Crippen LogP contribution < -0.4 is 0 Å². The lowest BCUT2D eigenvalue weighted by atomic mass is 9.70. The van der Waals surface area contributed by atoms with E-state index in [2.05, 4.69) is 4.90 Å². The van der Waals surface area contributed by atoms with Crippen LogP contribution in [0.3, 0.4) is 0 Å². The molecule has 2 bridgehead atoms. The Morgan fingerprint density at radius 2 is 2.15 bits per heavy atom. The summed E-state index contributed by atoms with van der Waals surface area (Å²) in [4.78, 5) is 13.7. The van der Waals surface area contributed by atoms with Crippen molar-refractivity contribution in [1.29, 1.82) is 0 Å². The summed E-state index contributed by atoms with van der Waals surface area (Å²) in [5, 5.41) is 9.81. The van der Waals surface area contributed by atoms with Crippen LogP contribution in [0.1, 0.15) is 12.8 Å². The van der Waals surface area contributed by atoms with Crippen molar-refractivity contribution in [2.45, 2.75) is 18.9 Å². The summed E-state index contributed by atoms with van der Waals surface area (Å²) in [6, 6.07) is 0. The van der Waals surface area contributed by atoms with E-state index >= 15 is 0 Å². The number of nitrogens with zero attached hydrogens (tertiary/aromatic N) is 1. The molecule has 3 aliphatic rings. The molecular weight excluding hydrogens is 170 g/mol. The van der Waals surface area contributed by atoms with E-state index in [0.717, 1.165) is 25.9 Å². The van der Waals surface area contributed by atoms with Crippen molar-refractivity contribution in [3.63, 3.8) is 0 Å². The highest BCUT2D eigenvalue weighted by molar-refractivity contribution is 5.78. The standard InChI is InChI=1S/C9H15NO3/c1-13-8(12)9-2-4-10(5-3-9)6-7(9)11/h7,11H,2-6H2,1H3. The van der Waals surface area contributed by atoms with Crippen LogP contribution in [0, 0.1) is 5.41 Å².